The summed E-state index contributed by atoms with van der Waals surface area (Å²) in [5.41, 5.74) is 3.54. The van der Waals surface area contributed by atoms with Gasteiger partial charge in [0.25, 0.3) is 5.91 Å². The molecule has 6 rings (SSSR count). The van der Waals surface area contributed by atoms with Crippen molar-refractivity contribution in [1.82, 2.24) is 9.97 Å². The average molecular weight is 541 g/mol. The summed E-state index contributed by atoms with van der Waals surface area (Å²) in [5.74, 6) is -0.0814. The number of halogens is 1. The second-order valence-electron chi connectivity index (χ2n) is 9.12. The van der Waals surface area contributed by atoms with Crippen molar-refractivity contribution >= 4 is 47.1 Å². The minimum atomic E-state index is -1.77. The van der Waals surface area contributed by atoms with Gasteiger partial charge in [0.1, 0.15) is 0 Å². The molecule has 1 unspecified atom stereocenters. The first-order valence-electron chi connectivity index (χ1n) is 12.1. The van der Waals surface area contributed by atoms with E-state index in [0.717, 1.165) is 11.1 Å². The van der Waals surface area contributed by atoms with Crippen molar-refractivity contribution in [1.29, 1.82) is 0 Å². The van der Waals surface area contributed by atoms with Crippen LogP contribution >= 0.6 is 12.4 Å². The number of rotatable bonds is 5. The summed E-state index contributed by atoms with van der Waals surface area (Å²) in [6, 6.07) is 30.1. The number of hydrogen-bond acceptors (Lipinski definition) is 5. The van der Waals surface area contributed by atoms with Crippen molar-refractivity contribution in [3.63, 3.8) is 0 Å². The largest absolute Gasteiger partial charge is 0.453 e. The number of imidazole rings is 1. The van der Waals surface area contributed by atoms with Gasteiger partial charge in [-0.25, -0.2) is 9.78 Å². The van der Waals surface area contributed by atoms with E-state index in [9.17, 15) is 14.7 Å². The lowest BCUT2D eigenvalue weighted by Gasteiger charge is -2.35. The van der Waals surface area contributed by atoms with Gasteiger partial charge >= 0.3 is 6.09 Å². The van der Waals surface area contributed by atoms with Crippen molar-refractivity contribution in [3.05, 3.63) is 125 Å². The molecule has 0 spiro atoms. The number of nitrogens with one attached hydrogen (secondary N) is 2. The Balaban J connectivity index is 0.00000308. The number of hydrogen-bond donors (Lipinski definition) is 3. The molecule has 5 aromatic rings. The van der Waals surface area contributed by atoms with Gasteiger partial charge in [-0.1, -0.05) is 66.7 Å². The minimum Gasteiger partial charge on any atom is -0.453 e. The van der Waals surface area contributed by atoms with E-state index in [4.69, 9.17) is 0 Å². The highest BCUT2D eigenvalue weighted by Crippen LogP contribution is 2.45. The first-order valence-corrected chi connectivity index (χ1v) is 12.1. The van der Waals surface area contributed by atoms with Crippen LogP contribution in [0.5, 0.6) is 0 Å². The molecule has 0 saturated carbocycles. The highest BCUT2D eigenvalue weighted by atomic mass is 35.5. The van der Waals surface area contributed by atoms with Gasteiger partial charge in [-0.3, -0.25) is 15.0 Å². The Morgan fingerprint density at radius 2 is 1.72 bits per heavy atom. The Labute approximate surface area is 230 Å². The van der Waals surface area contributed by atoms with E-state index < -0.39 is 11.8 Å². The van der Waals surface area contributed by atoms with Crippen LogP contribution in [0.25, 0.3) is 11.0 Å². The molecule has 196 valence electrons. The van der Waals surface area contributed by atoms with Crippen LogP contribution in [-0.2, 0) is 16.9 Å². The smallest absolute Gasteiger partial charge is 0.413 e. The van der Waals surface area contributed by atoms with Gasteiger partial charge in [0, 0.05) is 22.4 Å². The van der Waals surface area contributed by atoms with Crippen LogP contribution in [0.3, 0.4) is 0 Å². The van der Waals surface area contributed by atoms with E-state index in [1.807, 2.05) is 42.5 Å². The van der Waals surface area contributed by atoms with E-state index >= 15 is 0 Å². The number of amides is 2. The summed E-state index contributed by atoms with van der Waals surface area (Å²) in [6.45, 7) is 0. The normalized spacial score (nSPS) is 16.1. The molecule has 0 fully saturated rings. The first kappa shape index (κ1) is 26.0. The number of benzene rings is 4. The first-order chi connectivity index (χ1) is 18.5. The van der Waals surface area contributed by atoms with E-state index in [1.165, 1.54) is 12.0 Å². The lowest BCUT2D eigenvalue weighted by molar-refractivity contribution is 0.0704. The van der Waals surface area contributed by atoms with Crippen LogP contribution in [0.1, 0.15) is 32.6 Å². The number of anilines is 2. The molecule has 1 atom stereocenters. The maximum Gasteiger partial charge on any atom is 0.413 e. The van der Waals surface area contributed by atoms with Crippen LogP contribution < -0.4 is 10.2 Å². The summed E-state index contributed by atoms with van der Waals surface area (Å²) < 4.78 is 4.64. The number of H-pyrrole nitrogens is 1. The van der Waals surface area contributed by atoms with Crippen molar-refractivity contribution in [2.45, 2.75) is 12.1 Å². The van der Waals surface area contributed by atoms with Crippen molar-refractivity contribution < 1.29 is 19.4 Å². The average Bonchev–Trinajstić information content (AvgIpc) is 3.45. The van der Waals surface area contributed by atoms with Gasteiger partial charge in [-0.15, -0.1) is 12.4 Å². The van der Waals surface area contributed by atoms with Crippen LogP contribution in [-0.4, -0.2) is 34.2 Å². The van der Waals surface area contributed by atoms with Crippen molar-refractivity contribution in [2.75, 3.05) is 17.3 Å². The minimum absolute atomic E-state index is 0. The monoisotopic (exact) mass is 540 g/mol. The molecule has 3 N–H and O–H groups in total. The number of ether oxygens (including phenoxy) is 1. The number of aromatic amines is 1. The lowest BCUT2D eigenvalue weighted by Crippen LogP contribution is -2.45. The molecular formula is C30H25ClN4O4. The molecule has 2 heterocycles. The third kappa shape index (κ3) is 4.50. The zero-order valence-corrected chi connectivity index (χ0v) is 21.7. The zero-order chi connectivity index (χ0) is 26.3. The number of methoxy groups -OCH3 is 1. The molecule has 1 aliphatic heterocycles. The number of nitrogens with zero attached hydrogens (tertiary/aromatic N) is 2. The fraction of sp³-hybridized carbons (Fsp3) is 0.100. The van der Waals surface area contributed by atoms with E-state index in [2.05, 4.69) is 32.2 Å². The fourth-order valence-electron chi connectivity index (χ4n) is 5.02. The molecule has 39 heavy (non-hydrogen) atoms. The Hall–Kier alpha value is -4.66. The van der Waals surface area contributed by atoms with E-state index in [0.29, 0.717) is 39.8 Å². The molecule has 1 aliphatic rings. The molecule has 1 aromatic heterocycles. The number of aliphatic hydroxyl groups is 1. The van der Waals surface area contributed by atoms with Gasteiger partial charge in [0.05, 0.1) is 18.1 Å². The summed E-state index contributed by atoms with van der Waals surface area (Å²) in [5, 5.41) is 14.9. The highest BCUT2D eigenvalue weighted by Gasteiger charge is 2.50. The van der Waals surface area contributed by atoms with Gasteiger partial charge in [0.2, 0.25) is 5.95 Å². The van der Waals surface area contributed by atoms with Crippen LogP contribution in [0.4, 0.5) is 16.4 Å². The zero-order valence-electron chi connectivity index (χ0n) is 20.9. The van der Waals surface area contributed by atoms with E-state index in [1.54, 1.807) is 42.5 Å². The van der Waals surface area contributed by atoms with Crippen molar-refractivity contribution in [2.24, 2.45) is 0 Å². The lowest BCUT2D eigenvalue weighted by atomic mass is 9.93. The molecule has 0 aliphatic carbocycles. The number of carbonyl (C=O) groups is 2. The molecule has 9 heteroatoms. The molecule has 8 nitrogen and oxygen atoms in total. The predicted octanol–water partition coefficient (Wildman–Crippen LogP) is 5.61. The topological polar surface area (TPSA) is 108 Å². The summed E-state index contributed by atoms with van der Waals surface area (Å²) in [7, 11) is 1.27. The van der Waals surface area contributed by atoms with E-state index in [-0.39, 0.29) is 24.3 Å². The quantitative estimate of drug-likeness (QED) is 0.269. The predicted molar refractivity (Wildman–Crippen MR) is 151 cm³/mol. The second kappa shape index (κ2) is 10.2. The molecule has 4 aromatic carbocycles. The molecule has 0 bridgehead atoms. The third-order valence-corrected chi connectivity index (χ3v) is 6.77. The SMILES string of the molecule is COC(=O)Nc1nc2ccc(C3(O)c4ccccc4C(=O)N3c3cccc(Cc4ccccc4)c3)cc2[nH]1.Cl. The van der Waals surface area contributed by atoms with Crippen LogP contribution in [0.15, 0.2) is 97.1 Å². The fourth-order valence-corrected chi connectivity index (χ4v) is 5.02. The Morgan fingerprint density at radius 3 is 2.51 bits per heavy atom. The maximum atomic E-state index is 13.8. The summed E-state index contributed by atoms with van der Waals surface area (Å²) >= 11 is 0. The summed E-state index contributed by atoms with van der Waals surface area (Å²) in [4.78, 5) is 34.2. The third-order valence-electron chi connectivity index (χ3n) is 6.77. The molecule has 0 radical (unpaired) electrons. The van der Waals surface area contributed by atoms with Crippen molar-refractivity contribution in [3.8, 4) is 0 Å². The number of fused-ring (bicyclic) bond motifs is 2. The summed E-state index contributed by atoms with van der Waals surface area (Å²) in [6.07, 6.45) is 0.0396. The maximum absolute atomic E-state index is 13.8. The standard InChI is InChI=1S/C30H24N4O4.ClH/c1-38-29(36)33-28-31-25-15-14-21(18-26(25)32-28)30(37)24-13-6-5-12-23(24)27(35)34(30)22-11-7-10-20(17-22)16-19-8-3-2-4-9-19;/h2-15,17-18,37H,16H2,1H3,(H2,31,32,33,36);1H. The molecular weight excluding hydrogens is 516 g/mol. The second-order valence-corrected chi connectivity index (χ2v) is 9.12. The molecule has 0 saturated heterocycles. The van der Waals surface area contributed by atoms with Gasteiger partial charge in [0.15, 0.2) is 5.72 Å². The molecule has 2 amide bonds. The Kier molecular flexibility index (Phi) is 6.82. The Bertz CT molecular complexity index is 1690. The van der Waals surface area contributed by atoms with Gasteiger partial charge in [-0.05, 0) is 47.9 Å². The van der Waals surface area contributed by atoms with Gasteiger partial charge in [-0.2, -0.15) is 0 Å². The highest BCUT2D eigenvalue weighted by molar-refractivity contribution is 6.12. The van der Waals surface area contributed by atoms with Crippen LogP contribution in [0.2, 0.25) is 0 Å². The number of carbonyl (C=O) groups excluding carboxylic acids is 2. The van der Waals surface area contributed by atoms with Crippen LogP contribution in [0, 0.1) is 0 Å². The number of aromatic nitrogens is 2. The Morgan fingerprint density at radius 1 is 0.974 bits per heavy atom. The van der Waals surface area contributed by atoms with Gasteiger partial charge < -0.3 is 14.8 Å².